The minimum Gasteiger partial charge on any atom is -0.391 e. The molecule has 0 aromatic heterocycles. The minimum absolute atomic E-state index is 0.0528. The van der Waals surface area contributed by atoms with Crippen molar-refractivity contribution in [3.05, 3.63) is 0 Å². The fourth-order valence-electron chi connectivity index (χ4n) is 3.55. The summed E-state index contributed by atoms with van der Waals surface area (Å²) in [5.74, 6) is 0.838. The van der Waals surface area contributed by atoms with Gasteiger partial charge in [-0.2, -0.15) is 0 Å². The molecule has 0 amide bonds. The number of nitrogens with zero attached hydrogens (tertiary/aromatic N) is 1. The largest absolute Gasteiger partial charge is 0.391 e. The van der Waals surface area contributed by atoms with Crippen molar-refractivity contribution in [1.82, 2.24) is 4.90 Å². The van der Waals surface area contributed by atoms with Crippen molar-refractivity contribution in [3.8, 4) is 0 Å². The lowest BCUT2D eigenvalue weighted by molar-refractivity contribution is -0.0434. The molecule has 0 radical (unpaired) electrons. The van der Waals surface area contributed by atoms with Gasteiger partial charge in [-0.15, -0.1) is 0 Å². The molecular weight excluding hydrogens is 234 g/mol. The monoisotopic (exact) mass is 269 g/mol. The van der Waals surface area contributed by atoms with Gasteiger partial charge in [-0.25, -0.2) is 0 Å². The number of aliphatic hydroxyl groups excluding tert-OH is 1. The Balaban J connectivity index is 2.42. The molecule has 19 heavy (non-hydrogen) atoms. The Kier molecular flexibility index (Phi) is 7.38. The van der Waals surface area contributed by atoms with Gasteiger partial charge in [-0.3, -0.25) is 0 Å². The SMILES string of the molecule is CCCCCCCC(O)C1(N(C)C)CCC(C)CC1. The summed E-state index contributed by atoms with van der Waals surface area (Å²) in [6, 6.07) is 0. The number of unbranched alkanes of at least 4 members (excludes halogenated alkanes) is 4. The van der Waals surface area contributed by atoms with Gasteiger partial charge in [0.05, 0.1) is 6.10 Å². The van der Waals surface area contributed by atoms with E-state index in [9.17, 15) is 5.11 Å². The Morgan fingerprint density at radius 2 is 1.68 bits per heavy atom. The molecule has 1 fully saturated rings. The number of likely N-dealkylation sites (N-methyl/N-ethyl adjacent to an activating group) is 1. The van der Waals surface area contributed by atoms with E-state index in [-0.39, 0.29) is 11.6 Å². The van der Waals surface area contributed by atoms with Crippen molar-refractivity contribution in [1.29, 1.82) is 0 Å². The van der Waals surface area contributed by atoms with Gasteiger partial charge in [-0.05, 0) is 52.1 Å². The maximum Gasteiger partial charge on any atom is 0.0723 e. The normalized spacial score (nSPS) is 29.7. The van der Waals surface area contributed by atoms with Crippen LogP contribution in [0.15, 0.2) is 0 Å². The Bertz CT molecular complexity index is 231. The van der Waals surface area contributed by atoms with Gasteiger partial charge in [-0.1, -0.05) is 46.0 Å². The van der Waals surface area contributed by atoms with E-state index in [1.54, 1.807) is 0 Å². The zero-order valence-corrected chi connectivity index (χ0v) is 13.6. The van der Waals surface area contributed by atoms with Crippen LogP contribution in [0.4, 0.5) is 0 Å². The minimum atomic E-state index is -0.142. The van der Waals surface area contributed by atoms with Crippen LogP contribution in [0.5, 0.6) is 0 Å². The van der Waals surface area contributed by atoms with E-state index >= 15 is 0 Å². The fraction of sp³-hybridized carbons (Fsp3) is 1.00. The molecule has 2 nitrogen and oxygen atoms in total. The summed E-state index contributed by atoms with van der Waals surface area (Å²) in [4.78, 5) is 2.30. The molecule has 0 spiro atoms. The van der Waals surface area contributed by atoms with Gasteiger partial charge in [0.15, 0.2) is 0 Å². The average molecular weight is 269 g/mol. The fourth-order valence-corrected chi connectivity index (χ4v) is 3.55. The molecule has 1 rings (SSSR count). The van der Waals surface area contributed by atoms with Crippen molar-refractivity contribution in [2.45, 2.75) is 89.7 Å². The van der Waals surface area contributed by atoms with Crippen LogP contribution in [0.2, 0.25) is 0 Å². The van der Waals surface area contributed by atoms with Gasteiger partial charge in [0.25, 0.3) is 0 Å². The van der Waals surface area contributed by atoms with Crippen LogP contribution in [0.3, 0.4) is 0 Å². The third-order valence-electron chi connectivity index (χ3n) is 5.23. The van der Waals surface area contributed by atoms with Crippen LogP contribution in [0.25, 0.3) is 0 Å². The Hall–Kier alpha value is -0.0800. The predicted molar refractivity (Wildman–Crippen MR) is 83.4 cm³/mol. The zero-order chi connectivity index (χ0) is 14.3. The second-order valence-corrected chi connectivity index (χ2v) is 6.90. The quantitative estimate of drug-likeness (QED) is 0.667. The van der Waals surface area contributed by atoms with Crippen LogP contribution in [0.1, 0.15) is 78.1 Å². The molecule has 1 atom stereocenters. The van der Waals surface area contributed by atoms with E-state index in [0.29, 0.717) is 0 Å². The maximum atomic E-state index is 10.7. The lowest BCUT2D eigenvalue weighted by Crippen LogP contribution is -2.55. The molecule has 1 aliphatic rings. The molecule has 0 aromatic carbocycles. The lowest BCUT2D eigenvalue weighted by Gasteiger charge is -2.48. The van der Waals surface area contributed by atoms with Crippen LogP contribution in [0, 0.1) is 5.92 Å². The molecule has 1 unspecified atom stereocenters. The predicted octanol–water partition coefficient (Wildman–Crippen LogP) is 4.22. The molecule has 1 saturated carbocycles. The highest BCUT2D eigenvalue weighted by Gasteiger charge is 2.41. The van der Waals surface area contributed by atoms with Gasteiger partial charge < -0.3 is 10.0 Å². The molecule has 0 heterocycles. The van der Waals surface area contributed by atoms with Gasteiger partial charge in [0.2, 0.25) is 0 Å². The molecule has 1 aliphatic carbocycles. The Morgan fingerprint density at radius 3 is 2.21 bits per heavy atom. The summed E-state index contributed by atoms with van der Waals surface area (Å²) in [5.41, 5.74) is 0.0528. The van der Waals surface area contributed by atoms with Crippen LogP contribution in [-0.4, -0.2) is 35.7 Å². The van der Waals surface area contributed by atoms with E-state index in [1.165, 1.54) is 44.9 Å². The topological polar surface area (TPSA) is 23.5 Å². The summed E-state index contributed by atoms with van der Waals surface area (Å²) in [7, 11) is 4.30. The molecule has 1 N–H and O–H groups in total. The van der Waals surface area contributed by atoms with Gasteiger partial charge >= 0.3 is 0 Å². The number of hydrogen-bond acceptors (Lipinski definition) is 2. The molecule has 0 aromatic rings. The second kappa shape index (κ2) is 8.26. The third-order valence-corrected chi connectivity index (χ3v) is 5.23. The number of aliphatic hydroxyl groups is 1. The summed E-state index contributed by atoms with van der Waals surface area (Å²) in [5, 5.41) is 10.7. The molecule has 114 valence electrons. The lowest BCUT2D eigenvalue weighted by atomic mass is 9.72. The van der Waals surface area contributed by atoms with E-state index < -0.39 is 0 Å². The van der Waals surface area contributed by atoms with Crippen LogP contribution in [-0.2, 0) is 0 Å². The van der Waals surface area contributed by atoms with Crippen molar-refractivity contribution < 1.29 is 5.11 Å². The van der Waals surface area contributed by atoms with Gasteiger partial charge in [0.1, 0.15) is 0 Å². The molecule has 2 heteroatoms. The first-order valence-corrected chi connectivity index (χ1v) is 8.38. The van der Waals surface area contributed by atoms with E-state index in [4.69, 9.17) is 0 Å². The van der Waals surface area contributed by atoms with Crippen molar-refractivity contribution >= 4 is 0 Å². The average Bonchev–Trinajstić information content (AvgIpc) is 2.39. The van der Waals surface area contributed by atoms with Crippen LogP contribution >= 0.6 is 0 Å². The van der Waals surface area contributed by atoms with Crippen molar-refractivity contribution in [2.75, 3.05) is 14.1 Å². The first-order valence-electron chi connectivity index (χ1n) is 8.38. The standard InChI is InChI=1S/C17H35NO/c1-5-6-7-8-9-10-16(19)17(18(3)4)13-11-15(2)12-14-17/h15-16,19H,5-14H2,1-4H3. The third kappa shape index (κ3) is 4.75. The first kappa shape index (κ1) is 17.0. The number of hydrogen-bond donors (Lipinski definition) is 1. The first-order chi connectivity index (χ1) is 9.03. The highest BCUT2D eigenvalue weighted by atomic mass is 16.3. The van der Waals surface area contributed by atoms with Crippen LogP contribution < -0.4 is 0 Å². The smallest absolute Gasteiger partial charge is 0.0723 e. The molecule has 0 aliphatic heterocycles. The summed E-state index contributed by atoms with van der Waals surface area (Å²) < 4.78 is 0. The highest BCUT2D eigenvalue weighted by molar-refractivity contribution is 4.97. The highest BCUT2D eigenvalue weighted by Crippen LogP contribution is 2.39. The number of rotatable bonds is 8. The van der Waals surface area contributed by atoms with E-state index in [2.05, 4.69) is 32.8 Å². The molecular formula is C17H35NO. The summed E-state index contributed by atoms with van der Waals surface area (Å²) in [6.07, 6.45) is 12.1. The maximum absolute atomic E-state index is 10.7. The zero-order valence-electron chi connectivity index (χ0n) is 13.6. The molecule has 0 bridgehead atoms. The Labute approximate surface area is 120 Å². The van der Waals surface area contributed by atoms with E-state index in [1.807, 2.05) is 0 Å². The molecule has 0 saturated heterocycles. The van der Waals surface area contributed by atoms with Crippen molar-refractivity contribution in [2.24, 2.45) is 5.92 Å². The summed E-state index contributed by atoms with van der Waals surface area (Å²) >= 11 is 0. The second-order valence-electron chi connectivity index (χ2n) is 6.90. The van der Waals surface area contributed by atoms with Gasteiger partial charge in [0, 0.05) is 5.54 Å². The Morgan fingerprint density at radius 1 is 1.11 bits per heavy atom. The van der Waals surface area contributed by atoms with E-state index in [0.717, 1.165) is 25.2 Å². The van der Waals surface area contributed by atoms with Crippen molar-refractivity contribution in [3.63, 3.8) is 0 Å². The summed E-state index contributed by atoms with van der Waals surface area (Å²) in [6.45, 7) is 4.59.